The second kappa shape index (κ2) is 3.92. The van der Waals surface area contributed by atoms with Crippen molar-refractivity contribution < 1.29 is 19.5 Å². The standard InChI is InChI=1S/C11H15NO4/c1-15-9-7-8(13)3-5-11(9)6-4-10(14)12(11)16-2/h3,5,7-8,13H,4,6H2,1-2H3. The number of hydrogen-bond donors (Lipinski definition) is 1. The van der Waals surface area contributed by atoms with Crippen molar-refractivity contribution in [1.82, 2.24) is 5.06 Å². The SMILES string of the molecule is COC1=CC(O)C=CC12CCC(=O)N2OC. The van der Waals surface area contributed by atoms with Crippen LogP contribution in [0.15, 0.2) is 24.0 Å². The van der Waals surface area contributed by atoms with Crippen LogP contribution in [0.4, 0.5) is 0 Å². The molecule has 1 N–H and O–H groups in total. The van der Waals surface area contributed by atoms with Crippen LogP contribution in [-0.2, 0) is 14.4 Å². The molecule has 1 spiro atoms. The summed E-state index contributed by atoms with van der Waals surface area (Å²) in [5.74, 6) is 0.474. The molecule has 5 nitrogen and oxygen atoms in total. The number of aliphatic hydroxyl groups is 1. The minimum atomic E-state index is -0.681. The lowest BCUT2D eigenvalue weighted by atomic mass is 9.89. The summed E-state index contributed by atoms with van der Waals surface area (Å²) in [6, 6.07) is 0. The van der Waals surface area contributed by atoms with Gasteiger partial charge in [0.1, 0.15) is 11.3 Å². The topological polar surface area (TPSA) is 59.0 Å². The smallest absolute Gasteiger partial charge is 0.247 e. The first-order chi connectivity index (χ1) is 7.64. The lowest BCUT2D eigenvalue weighted by Crippen LogP contribution is -2.47. The number of nitrogens with zero attached hydrogens (tertiary/aromatic N) is 1. The number of hydrogen-bond acceptors (Lipinski definition) is 4. The highest BCUT2D eigenvalue weighted by Crippen LogP contribution is 2.40. The van der Waals surface area contributed by atoms with Crippen LogP contribution in [0.25, 0.3) is 0 Å². The number of ether oxygens (including phenoxy) is 1. The van der Waals surface area contributed by atoms with E-state index in [1.165, 1.54) is 19.3 Å². The van der Waals surface area contributed by atoms with Gasteiger partial charge in [0, 0.05) is 6.42 Å². The van der Waals surface area contributed by atoms with Crippen molar-refractivity contribution in [3.63, 3.8) is 0 Å². The van der Waals surface area contributed by atoms with Gasteiger partial charge >= 0.3 is 0 Å². The van der Waals surface area contributed by atoms with E-state index in [-0.39, 0.29) is 5.91 Å². The van der Waals surface area contributed by atoms with Crippen LogP contribution in [0.5, 0.6) is 0 Å². The van der Waals surface area contributed by atoms with E-state index in [1.54, 1.807) is 18.2 Å². The number of methoxy groups -OCH3 is 1. The molecule has 1 heterocycles. The molecule has 1 fully saturated rings. The average Bonchev–Trinajstić information content (AvgIpc) is 2.60. The molecule has 0 saturated carbocycles. The number of amides is 1. The monoisotopic (exact) mass is 225 g/mol. The van der Waals surface area contributed by atoms with E-state index in [4.69, 9.17) is 9.57 Å². The molecule has 2 atom stereocenters. The van der Waals surface area contributed by atoms with Crippen LogP contribution in [0.2, 0.25) is 0 Å². The molecule has 0 aromatic carbocycles. The van der Waals surface area contributed by atoms with Crippen molar-refractivity contribution >= 4 is 5.91 Å². The van der Waals surface area contributed by atoms with Gasteiger partial charge in [0.2, 0.25) is 5.91 Å². The van der Waals surface area contributed by atoms with Crippen LogP contribution < -0.4 is 0 Å². The summed E-state index contributed by atoms with van der Waals surface area (Å²) >= 11 is 0. The van der Waals surface area contributed by atoms with Gasteiger partial charge in [-0.05, 0) is 12.5 Å². The summed E-state index contributed by atoms with van der Waals surface area (Å²) in [5.41, 5.74) is -0.681. The number of carbonyl (C=O) groups is 1. The third-order valence-corrected chi connectivity index (χ3v) is 3.03. The fourth-order valence-corrected chi connectivity index (χ4v) is 2.30. The van der Waals surface area contributed by atoms with Crippen molar-refractivity contribution in [2.24, 2.45) is 0 Å². The maximum atomic E-state index is 11.6. The van der Waals surface area contributed by atoms with Gasteiger partial charge in [-0.25, -0.2) is 5.06 Å². The predicted molar refractivity (Wildman–Crippen MR) is 56.1 cm³/mol. The lowest BCUT2D eigenvalue weighted by molar-refractivity contribution is -0.187. The zero-order valence-electron chi connectivity index (χ0n) is 9.34. The largest absolute Gasteiger partial charge is 0.498 e. The van der Waals surface area contributed by atoms with Gasteiger partial charge in [-0.2, -0.15) is 0 Å². The highest BCUT2D eigenvalue weighted by atomic mass is 16.7. The van der Waals surface area contributed by atoms with Crippen molar-refractivity contribution in [2.75, 3.05) is 14.2 Å². The van der Waals surface area contributed by atoms with Crippen molar-refractivity contribution in [3.05, 3.63) is 24.0 Å². The first-order valence-electron chi connectivity index (χ1n) is 5.15. The van der Waals surface area contributed by atoms with Crippen LogP contribution >= 0.6 is 0 Å². The van der Waals surface area contributed by atoms with Crippen LogP contribution in [0.3, 0.4) is 0 Å². The summed E-state index contributed by atoms with van der Waals surface area (Å²) in [6.45, 7) is 0. The fourth-order valence-electron chi connectivity index (χ4n) is 2.30. The van der Waals surface area contributed by atoms with E-state index in [9.17, 15) is 9.90 Å². The molecule has 0 aromatic rings. The minimum Gasteiger partial charge on any atom is -0.498 e. The molecule has 0 radical (unpaired) electrons. The highest BCUT2D eigenvalue weighted by molar-refractivity contribution is 5.80. The van der Waals surface area contributed by atoms with E-state index >= 15 is 0 Å². The molecular formula is C11H15NO4. The Balaban J connectivity index is 2.40. The molecule has 2 unspecified atom stereocenters. The van der Waals surface area contributed by atoms with E-state index in [2.05, 4.69) is 0 Å². The third-order valence-electron chi connectivity index (χ3n) is 3.03. The van der Waals surface area contributed by atoms with Crippen LogP contribution in [0.1, 0.15) is 12.8 Å². The molecule has 2 aliphatic rings. The number of rotatable bonds is 2. The molecule has 1 saturated heterocycles. The summed E-state index contributed by atoms with van der Waals surface area (Å²) in [5, 5.41) is 10.8. The number of aliphatic hydroxyl groups excluding tert-OH is 1. The summed E-state index contributed by atoms with van der Waals surface area (Å²) in [7, 11) is 2.98. The Morgan fingerprint density at radius 2 is 2.31 bits per heavy atom. The molecule has 16 heavy (non-hydrogen) atoms. The molecule has 5 heteroatoms. The average molecular weight is 225 g/mol. The van der Waals surface area contributed by atoms with Crippen LogP contribution in [0, 0.1) is 0 Å². The van der Waals surface area contributed by atoms with Gasteiger partial charge < -0.3 is 9.84 Å². The Labute approximate surface area is 93.9 Å². The normalized spacial score (nSPS) is 33.4. The maximum absolute atomic E-state index is 11.6. The van der Waals surface area contributed by atoms with E-state index < -0.39 is 11.6 Å². The summed E-state index contributed by atoms with van der Waals surface area (Å²) in [4.78, 5) is 16.8. The molecule has 1 amide bonds. The Bertz CT molecular complexity index is 363. The first-order valence-corrected chi connectivity index (χ1v) is 5.15. The van der Waals surface area contributed by atoms with Crippen molar-refractivity contribution in [1.29, 1.82) is 0 Å². The molecule has 2 rings (SSSR count). The van der Waals surface area contributed by atoms with Gasteiger partial charge in [-0.1, -0.05) is 12.2 Å². The third kappa shape index (κ3) is 1.44. The molecule has 1 aliphatic heterocycles. The quantitative estimate of drug-likeness (QED) is 0.690. The second-order valence-electron chi connectivity index (χ2n) is 3.88. The maximum Gasteiger partial charge on any atom is 0.247 e. The molecule has 0 aromatic heterocycles. The fraction of sp³-hybridized carbons (Fsp3) is 0.545. The summed E-state index contributed by atoms with van der Waals surface area (Å²) in [6.07, 6.45) is 5.33. The zero-order chi connectivity index (χ0) is 11.8. The Hall–Kier alpha value is -1.33. The Kier molecular flexibility index (Phi) is 2.73. The van der Waals surface area contributed by atoms with Gasteiger partial charge in [0.25, 0.3) is 0 Å². The number of carbonyl (C=O) groups excluding carboxylic acids is 1. The van der Waals surface area contributed by atoms with Crippen molar-refractivity contribution in [2.45, 2.75) is 24.5 Å². The van der Waals surface area contributed by atoms with Crippen molar-refractivity contribution in [3.8, 4) is 0 Å². The molecule has 1 aliphatic carbocycles. The van der Waals surface area contributed by atoms with Gasteiger partial charge in [0.05, 0.1) is 20.3 Å². The zero-order valence-corrected chi connectivity index (χ0v) is 9.34. The Morgan fingerprint density at radius 1 is 1.56 bits per heavy atom. The second-order valence-corrected chi connectivity index (χ2v) is 3.88. The van der Waals surface area contributed by atoms with E-state index in [0.29, 0.717) is 18.6 Å². The molecule has 0 bridgehead atoms. The lowest BCUT2D eigenvalue weighted by Gasteiger charge is -2.37. The van der Waals surface area contributed by atoms with Gasteiger partial charge in [0.15, 0.2) is 0 Å². The van der Waals surface area contributed by atoms with Gasteiger partial charge in [-0.15, -0.1) is 0 Å². The van der Waals surface area contributed by atoms with Crippen LogP contribution in [-0.4, -0.2) is 41.9 Å². The van der Waals surface area contributed by atoms with E-state index in [1.807, 2.05) is 0 Å². The Morgan fingerprint density at radius 3 is 2.94 bits per heavy atom. The summed E-state index contributed by atoms with van der Waals surface area (Å²) < 4.78 is 5.26. The predicted octanol–water partition coefficient (Wildman–Crippen LogP) is 0.370. The minimum absolute atomic E-state index is 0.0773. The molecular weight excluding hydrogens is 210 g/mol. The van der Waals surface area contributed by atoms with Gasteiger partial charge in [-0.3, -0.25) is 9.63 Å². The molecule has 88 valence electrons. The van der Waals surface area contributed by atoms with E-state index in [0.717, 1.165) is 0 Å². The first kappa shape index (κ1) is 11.2. The highest BCUT2D eigenvalue weighted by Gasteiger charge is 2.49. The number of hydroxylamine groups is 2.